The molecule has 4 rings (SSSR count). The first kappa shape index (κ1) is 19.7. The Labute approximate surface area is 169 Å². The standard InChI is InChI=1S/C22H26N2O5/c1-23-8-7-18(26)21(29-14-15-5-3-2-4-6-15)20(23)22(27)24-9-10-28-19-12-16(13-25)11-17(19)24/h2-8,16-17,19,25H,9-14H2,1H3/t16-,17+,19+/m1/s1. The zero-order chi connectivity index (χ0) is 20.4. The van der Waals surface area contributed by atoms with E-state index in [-0.39, 0.29) is 54.1 Å². The average molecular weight is 398 g/mol. The van der Waals surface area contributed by atoms with Crippen molar-refractivity contribution in [3.8, 4) is 5.75 Å². The summed E-state index contributed by atoms with van der Waals surface area (Å²) in [6, 6.07) is 10.9. The molecule has 2 heterocycles. The maximum Gasteiger partial charge on any atom is 0.274 e. The number of aliphatic hydroxyl groups is 1. The van der Waals surface area contributed by atoms with E-state index in [1.807, 2.05) is 30.3 Å². The van der Waals surface area contributed by atoms with Crippen LogP contribution in [-0.2, 0) is 18.4 Å². The van der Waals surface area contributed by atoms with E-state index in [9.17, 15) is 14.7 Å². The Morgan fingerprint density at radius 3 is 2.79 bits per heavy atom. The molecule has 1 N–H and O–H groups in total. The molecule has 2 aliphatic rings. The van der Waals surface area contributed by atoms with Crippen LogP contribution in [0.15, 0.2) is 47.4 Å². The smallest absolute Gasteiger partial charge is 0.274 e. The Morgan fingerprint density at radius 2 is 2.03 bits per heavy atom. The Bertz CT molecular complexity index is 927. The summed E-state index contributed by atoms with van der Waals surface area (Å²) in [5.41, 5.74) is 0.859. The number of aromatic nitrogens is 1. The Balaban J connectivity index is 1.62. The number of pyridine rings is 1. The topological polar surface area (TPSA) is 81.0 Å². The van der Waals surface area contributed by atoms with Crippen LogP contribution < -0.4 is 10.2 Å². The summed E-state index contributed by atoms with van der Waals surface area (Å²) in [6.45, 7) is 1.21. The van der Waals surface area contributed by atoms with Gasteiger partial charge in [0.15, 0.2) is 11.4 Å². The highest BCUT2D eigenvalue weighted by Crippen LogP contribution is 2.35. The lowest BCUT2D eigenvalue weighted by Gasteiger charge is -2.38. The molecule has 2 fully saturated rings. The predicted octanol–water partition coefficient (Wildman–Crippen LogP) is 1.58. The molecule has 3 atom stereocenters. The Hall–Kier alpha value is -2.64. The van der Waals surface area contributed by atoms with E-state index >= 15 is 0 Å². The third-order valence-electron chi connectivity index (χ3n) is 5.82. The lowest BCUT2D eigenvalue weighted by Crippen LogP contribution is -2.52. The molecule has 7 nitrogen and oxygen atoms in total. The summed E-state index contributed by atoms with van der Waals surface area (Å²) in [6.07, 6.45) is 2.97. The number of carbonyl (C=O) groups excluding carboxylic acids is 1. The third kappa shape index (κ3) is 3.93. The van der Waals surface area contributed by atoms with E-state index in [4.69, 9.17) is 9.47 Å². The fraction of sp³-hybridized carbons (Fsp3) is 0.455. The maximum atomic E-state index is 13.5. The zero-order valence-electron chi connectivity index (χ0n) is 16.5. The third-order valence-corrected chi connectivity index (χ3v) is 5.82. The molecule has 1 aliphatic carbocycles. The van der Waals surface area contributed by atoms with Crippen molar-refractivity contribution < 1.29 is 19.4 Å². The maximum absolute atomic E-state index is 13.5. The van der Waals surface area contributed by atoms with Crippen LogP contribution in [0, 0.1) is 5.92 Å². The Kier molecular flexibility index (Phi) is 5.69. The van der Waals surface area contributed by atoms with Crippen molar-refractivity contribution >= 4 is 5.91 Å². The lowest BCUT2D eigenvalue weighted by atomic mass is 10.1. The minimum Gasteiger partial charge on any atom is -0.483 e. The van der Waals surface area contributed by atoms with Gasteiger partial charge in [0, 0.05) is 32.5 Å². The first-order valence-corrected chi connectivity index (χ1v) is 9.98. The molecule has 1 aliphatic heterocycles. The van der Waals surface area contributed by atoms with E-state index < -0.39 is 0 Å². The van der Waals surface area contributed by atoms with Crippen LogP contribution in [0.25, 0.3) is 0 Å². The van der Waals surface area contributed by atoms with Crippen molar-refractivity contribution in [2.75, 3.05) is 19.8 Å². The number of aliphatic hydroxyl groups excluding tert-OH is 1. The molecule has 1 amide bonds. The molecule has 0 spiro atoms. The normalized spacial score (nSPS) is 23.7. The summed E-state index contributed by atoms with van der Waals surface area (Å²) in [4.78, 5) is 27.9. The molecular weight excluding hydrogens is 372 g/mol. The van der Waals surface area contributed by atoms with Gasteiger partial charge in [0.25, 0.3) is 5.91 Å². The highest BCUT2D eigenvalue weighted by atomic mass is 16.5. The quantitative estimate of drug-likeness (QED) is 0.827. The second-order valence-corrected chi connectivity index (χ2v) is 7.74. The molecule has 0 bridgehead atoms. The van der Waals surface area contributed by atoms with Gasteiger partial charge in [-0.25, -0.2) is 0 Å². The van der Waals surface area contributed by atoms with E-state index in [1.54, 1.807) is 22.7 Å². The van der Waals surface area contributed by atoms with E-state index in [0.717, 1.165) is 12.0 Å². The molecule has 0 unspecified atom stereocenters. The molecular formula is C22H26N2O5. The van der Waals surface area contributed by atoms with Gasteiger partial charge in [-0.2, -0.15) is 0 Å². The van der Waals surface area contributed by atoms with Crippen LogP contribution in [0.2, 0.25) is 0 Å². The first-order valence-electron chi connectivity index (χ1n) is 9.98. The minimum atomic E-state index is -0.313. The molecule has 0 radical (unpaired) electrons. The molecule has 1 saturated carbocycles. The number of carbonyl (C=O) groups is 1. The summed E-state index contributed by atoms with van der Waals surface area (Å²) >= 11 is 0. The monoisotopic (exact) mass is 398 g/mol. The van der Waals surface area contributed by atoms with Crippen molar-refractivity contribution in [1.29, 1.82) is 0 Å². The van der Waals surface area contributed by atoms with Crippen LogP contribution in [0.5, 0.6) is 5.75 Å². The summed E-state index contributed by atoms with van der Waals surface area (Å²) in [5, 5.41) is 9.53. The van der Waals surface area contributed by atoms with E-state index in [1.165, 1.54) is 6.07 Å². The largest absolute Gasteiger partial charge is 0.483 e. The van der Waals surface area contributed by atoms with Crippen molar-refractivity contribution in [2.45, 2.75) is 31.6 Å². The van der Waals surface area contributed by atoms with E-state index in [2.05, 4.69) is 0 Å². The molecule has 29 heavy (non-hydrogen) atoms. The first-order chi connectivity index (χ1) is 14.1. The number of ether oxygens (including phenoxy) is 2. The van der Waals surface area contributed by atoms with Gasteiger partial charge in [0.05, 0.1) is 18.8 Å². The van der Waals surface area contributed by atoms with Crippen LogP contribution >= 0.6 is 0 Å². The molecule has 1 aromatic heterocycles. The highest BCUT2D eigenvalue weighted by Gasteiger charge is 2.43. The molecule has 2 aromatic rings. The van der Waals surface area contributed by atoms with Gasteiger partial charge in [-0.1, -0.05) is 30.3 Å². The molecule has 1 aromatic carbocycles. The molecule has 1 saturated heterocycles. The van der Waals surface area contributed by atoms with Gasteiger partial charge in [-0.05, 0) is 24.3 Å². The van der Waals surface area contributed by atoms with Gasteiger partial charge in [0.2, 0.25) is 5.43 Å². The van der Waals surface area contributed by atoms with Crippen LogP contribution in [0.3, 0.4) is 0 Å². The number of hydrogen-bond donors (Lipinski definition) is 1. The number of aryl methyl sites for hydroxylation is 1. The van der Waals surface area contributed by atoms with Gasteiger partial charge >= 0.3 is 0 Å². The number of amides is 1. The van der Waals surface area contributed by atoms with Crippen molar-refractivity contribution in [3.63, 3.8) is 0 Å². The molecule has 7 heteroatoms. The van der Waals surface area contributed by atoms with Crippen LogP contribution in [0.4, 0.5) is 0 Å². The number of rotatable bonds is 5. The minimum absolute atomic E-state index is 0.0701. The van der Waals surface area contributed by atoms with Gasteiger partial charge < -0.3 is 24.0 Å². The van der Waals surface area contributed by atoms with Crippen molar-refractivity contribution in [3.05, 3.63) is 64.1 Å². The number of morpholine rings is 1. The van der Waals surface area contributed by atoms with Gasteiger partial charge in [-0.3, -0.25) is 9.59 Å². The number of nitrogens with zero attached hydrogens (tertiary/aromatic N) is 2. The fourth-order valence-corrected chi connectivity index (χ4v) is 4.31. The zero-order valence-corrected chi connectivity index (χ0v) is 16.5. The number of benzene rings is 1. The van der Waals surface area contributed by atoms with Crippen LogP contribution in [0.1, 0.15) is 28.9 Å². The SMILES string of the molecule is Cn1ccc(=O)c(OCc2ccccc2)c1C(=O)N1CCO[C@H]2C[C@H](CO)C[C@@H]21. The second-order valence-electron chi connectivity index (χ2n) is 7.74. The predicted molar refractivity (Wildman–Crippen MR) is 107 cm³/mol. The van der Waals surface area contributed by atoms with E-state index in [0.29, 0.717) is 19.6 Å². The van der Waals surface area contributed by atoms with Crippen LogP contribution in [-0.4, -0.2) is 52.4 Å². The number of hydrogen-bond acceptors (Lipinski definition) is 5. The van der Waals surface area contributed by atoms with Gasteiger partial charge in [-0.15, -0.1) is 0 Å². The van der Waals surface area contributed by atoms with Crippen molar-refractivity contribution in [1.82, 2.24) is 9.47 Å². The number of fused-ring (bicyclic) bond motifs is 1. The highest BCUT2D eigenvalue weighted by molar-refractivity contribution is 5.95. The Morgan fingerprint density at radius 1 is 1.24 bits per heavy atom. The summed E-state index contributed by atoms with van der Waals surface area (Å²) < 4.78 is 13.3. The summed E-state index contributed by atoms with van der Waals surface area (Å²) in [5.74, 6) is -0.0273. The lowest BCUT2D eigenvalue weighted by molar-refractivity contribution is -0.0453. The summed E-state index contributed by atoms with van der Waals surface area (Å²) in [7, 11) is 1.74. The van der Waals surface area contributed by atoms with Crippen molar-refractivity contribution in [2.24, 2.45) is 13.0 Å². The fourth-order valence-electron chi connectivity index (χ4n) is 4.31. The second kappa shape index (κ2) is 8.39. The average Bonchev–Trinajstić information content (AvgIpc) is 3.18. The molecule has 154 valence electrons. The van der Waals surface area contributed by atoms with Gasteiger partial charge in [0.1, 0.15) is 6.61 Å².